The van der Waals surface area contributed by atoms with Crippen molar-refractivity contribution >= 4 is 12.6 Å². The Kier molecular flexibility index (Phi) is 4.05. The number of benzene rings is 1. The lowest BCUT2D eigenvalue weighted by atomic mass is 9.72. The molecule has 0 amide bonds. The lowest BCUT2D eigenvalue weighted by molar-refractivity contribution is 0.00578. The smallest absolute Gasteiger partial charge is 0.399 e. The van der Waals surface area contributed by atoms with Crippen molar-refractivity contribution in [2.24, 2.45) is 5.41 Å². The molecule has 2 nitrogen and oxygen atoms in total. The van der Waals surface area contributed by atoms with Gasteiger partial charge in [-0.25, -0.2) is 0 Å². The van der Waals surface area contributed by atoms with Crippen LogP contribution < -0.4 is 5.46 Å². The van der Waals surface area contributed by atoms with Gasteiger partial charge >= 0.3 is 7.12 Å². The van der Waals surface area contributed by atoms with Crippen LogP contribution in [0.4, 0.5) is 0 Å². The maximum Gasteiger partial charge on any atom is 0.495 e. The summed E-state index contributed by atoms with van der Waals surface area (Å²) in [7, 11) is -0.270. The predicted octanol–water partition coefficient (Wildman–Crippen LogP) is 3.88. The van der Waals surface area contributed by atoms with Crippen molar-refractivity contribution in [3.63, 3.8) is 0 Å². The lowest BCUT2D eigenvalue weighted by Gasteiger charge is -2.32. The van der Waals surface area contributed by atoms with Gasteiger partial charge in [-0.3, -0.25) is 0 Å². The minimum absolute atomic E-state index is 0.242. The van der Waals surface area contributed by atoms with Gasteiger partial charge in [0.2, 0.25) is 0 Å². The number of hydrogen-bond donors (Lipinski definition) is 0. The minimum atomic E-state index is -0.290. The third kappa shape index (κ3) is 3.52. The van der Waals surface area contributed by atoms with E-state index in [4.69, 9.17) is 9.31 Å². The molecule has 0 radical (unpaired) electrons. The monoisotopic (exact) mass is 288 g/mol. The number of aryl methyl sites for hydroxylation is 1. The highest BCUT2D eigenvalue weighted by atomic mass is 16.7. The molecule has 0 saturated carbocycles. The van der Waals surface area contributed by atoms with E-state index in [1.165, 1.54) is 16.6 Å². The van der Waals surface area contributed by atoms with Crippen LogP contribution in [0, 0.1) is 12.3 Å². The van der Waals surface area contributed by atoms with E-state index in [0.717, 1.165) is 6.42 Å². The summed E-state index contributed by atoms with van der Waals surface area (Å²) in [6.07, 6.45) is 1.02. The highest BCUT2D eigenvalue weighted by Crippen LogP contribution is 2.37. The second kappa shape index (κ2) is 5.14. The van der Waals surface area contributed by atoms with Crippen LogP contribution in [-0.4, -0.2) is 18.3 Å². The average Bonchev–Trinajstić information content (AvgIpc) is 2.45. The zero-order valence-corrected chi connectivity index (χ0v) is 14.8. The third-order valence-electron chi connectivity index (χ3n) is 4.53. The van der Waals surface area contributed by atoms with Crippen LogP contribution in [0.5, 0.6) is 0 Å². The second-order valence-corrected chi connectivity index (χ2v) is 8.53. The largest absolute Gasteiger partial charge is 0.495 e. The van der Waals surface area contributed by atoms with Gasteiger partial charge in [0.25, 0.3) is 0 Å². The van der Waals surface area contributed by atoms with E-state index in [1.54, 1.807) is 0 Å². The SMILES string of the molecule is Cc1ccc(B2OC(C)(C)C(C)(C)O2)c(CC(C)(C)C)c1. The molecule has 1 aliphatic rings. The first kappa shape index (κ1) is 16.6. The van der Waals surface area contributed by atoms with Crippen molar-refractivity contribution in [1.29, 1.82) is 0 Å². The summed E-state index contributed by atoms with van der Waals surface area (Å²) in [4.78, 5) is 0. The summed E-state index contributed by atoms with van der Waals surface area (Å²) in [6.45, 7) is 17.3. The van der Waals surface area contributed by atoms with Crippen LogP contribution >= 0.6 is 0 Å². The Morgan fingerprint density at radius 3 is 2.00 bits per heavy atom. The predicted molar refractivity (Wildman–Crippen MR) is 90.1 cm³/mol. The lowest BCUT2D eigenvalue weighted by Crippen LogP contribution is -2.41. The van der Waals surface area contributed by atoms with Gasteiger partial charge in [-0.2, -0.15) is 0 Å². The summed E-state index contributed by atoms with van der Waals surface area (Å²) in [6, 6.07) is 6.58. The summed E-state index contributed by atoms with van der Waals surface area (Å²) in [5.74, 6) is 0. The van der Waals surface area contributed by atoms with Crippen molar-refractivity contribution in [2.75, 3.05) is 0 Å². The van der Waals surface area contributed by atoms with Gasteiger partial charge in [0.1, 0.15) is 0 Å². The van der Waals surface area contributed by atoms with E-state index in [-0.39, 0.29) is 23.7 Å². The van der Waals surface area contributed by atoms with Crippen LogP contribution in [-0.2, 0) is 15.7 Å². The molecule has 0 aliphatic carbocycles. The van der Waals surface area contributed by atoms with E-state index in [1.807, 2.05) is 0 Å². The zero-order valence-electron chi connectivity index (χ0n) is 14.8. The molecule has 0 N–H and O–H groups in total. The van der Waals surface area contributed by atoms with E-state index < -0.39 is 0 Å². The van der Waals surface area contributed by atoms with E-state index in [0.29, 0.717) is 0 Å². The molecule has 3 heteroatoms. The number of rotatable bonds is 2. The van der Waals surface area contributed by atoms with Gasteiger partial charge in [0.15, 0.2) is 0 Å². The van der Waals surface area contributed by atoms with Crippen molar-refractivity contribution in [1.82, 2.24) is 0 Å². The Morgan fingerprint density at radius 2 is 1.52 bits per heavy atom. The molecule has 21 heavy (non-hydrogen) atoms. The average molecular weight is 288 g/mol. The molecule has 0 spiro atoms. The highest BCUT2D eigenvalue weighted by molar-refractivity contribution is 6.62. The van der Waals surface area contributed by atoms with Crippen molar-refractivity contribution in [3.05, 3.63) is 29.3 Å². The van der Waals surface area contributed by atoms with E-state index >= 15 is 0 Å². The Morgan fingerprint density at radius 1 is 1.00 bits per heavy atom. The Bertz CT molecular complexity index is 511. The summed E-state index contributed by atoms with van der Waals surface area (Å²) in [5.41, 5.74) is 3.46. The first-order valence-electron chi connectivity index (χ1n) is 7.86. The van der Waals surface area contributed by atoms with Crippen molar-refractivity contribution in [3.8, 4) is 0 Å². The van der Waals surface area contributed by atoms with Gasteiger partial charge < -0.3 is 9.31 Å². The fourth-order valence-electron chi connectivity index (χ4n) is 2.66. The van der Waals surface area contributed by atoms with Crippen molar-refractivity contribution in [2.45, 2.75) is 73.0 Å². The minimum Gasteiger partial charge on any atom is -0.399 e. The van der Waals surface area contributed by atoms with Crippen LogP contribution in [0.3, 0.4) is 0 Å². The number of hydrogen-bond acceptors (Lipinski definition) is 2. The fraction of sp³-hybridized carbons (Fsp3) is 0.667. The van der Waals surface area contributed by atoms with Gasteiger partial charge in [0.05, 0.1) is 11.2 Å². The van der Waals surface area contributed by atoms with Gasteiger partial charge in [-0.1, -0.05) is 44.5 Å². The van der Waals surface area contributed by atoms with Gasteiger partial charge in [-0.15, -0.1) is 0 Å². The van der Waals surface area contributed by atoms with Gasteiger partial charge in [-0.05, 0) is 57.5 Å². The molecular formula is C18H29BO2. The van der Waals surface area contributed by atoms with E-state index in [2.05, 4.69) is 73.6 Å². The molecule has 0 aromatic heterocycles. The third-order valence-corrected chi connectivity index (χ3v) is 4.53. The van der Waals surface area contributed by atoms with E-state index in [9.17, 15) is 0 Å². The van der Waals surface area contributed by atoms with Crippen LogP contribution in [0.1, 0.15) is 59.6 Å². The molecular weight excluding hydrogens is 259 g/mol. The summed E-state index contributed by atoms with van der Waals surface area (Å²) >= 11 is 0. The maximum atomic E-state index is 6.22. The molecule has 1 aromatic carbocycles. The Labute approximate surface area is 130 Å². The topological polar surface area (TPSA) is 18.5 Å². The van der Waals surface area contributed by atoms with Crippen LogP contribution in [0.15, 0.2) is 18.2 Å². The molecule has 1 heterocycles. The Hall–Kier alpha value is -0.795. The molecule has 1 aliphatic heterocycles. The van der Waals surface area contributed by atoms with Crippen molar-refractivity contribution < 1.29 is 9.31 Å². The van der Waals surface area contributed by atoms with Crippen LogP contribution in [0.25, 0.3) is 0 Å². The standard InChI is InChI=1S/C18H29BO2/c1-13-9-10-15(14(11-13)12-16(2,3)4)19-20-17(5,6)18(7,8)21-19/h9-11H,12H2,1-8H3. The normalized spacial score (nSPS) is 20.9. The quantitative estimate of drug-likeness (QED) is 0.769. The second-order valence-electron chi connectivity index (χ2n) is 8.53. The summed E-state index contributed by atoms with van der Waals surface area (Å²) < 4.78 is 12.4. The highest BCUT2D eigenvalue weighted by Gasteiger charge is 2.52. The zero-order chi connectivity index (χ0) is 16.1. The molecule has 1 aromatic rings. The molecule has 1 saturated heterocycles. The van der Waals surface area contributed by atoms with Gasteiger partial charge in [0, 0.05) is 0 Å². The molecule has 0 unspecified atom stereocenters. The molecule has 2 rings (SSSR count). The molecule has 116 valence electrons. The fourth-order valence-corrected chi connectivity index (χ4v) is 2.66. The molecule has 0 bridgehead atoms. The Balaban J connectivity index is 2.37. The summed E-state index contributed by atoms with van der Waals surface area (Å²) in [5, 5.41) is 0. The molecule has 0 atom stereocenters. The first-order valence-corrected chi connectivity index (χ1v) is 7.86. The maximum absolute atomic E-state index is 6.22. The molecule has 1 fully saturated rings. The first-order chi connectivity index (χ1) is 9.41. The van der Waals surface area contributed by atoms with Crippen LogP contribution in [0.2, 0.25) is 0 Å².